The quantitative estimate of drug-likeness (QED) is 0.897. The molecular formula is C13H16N4S. The summed E-state index contributed by atoms with van der Waals surface area (Å²) in [5.41, 5.74) is 0. The molecule has 1 N–H and O–H groups in total. The van der Waals surface area contributed by atoms with Gasteiger partial charge in [-0.2, -0.15) is 4.98 Å². The summed E-state index contributed by atoms with van der Waals surface area (Å²) in [6, 6.07) is 6.92. The van der Waals surface area contributed by atoms with Gasteiger partial charge in [-0.05, 0) is 30.4 Å². The molecule has 3 rings (SSSR count). The molecule has 18 heavy (non-hydrogen) atoms. The van der Waals surface area contributed by atoms with E-state index in [2.05, 4.69) is 37.7 Å². The van der Waals surface area contributed by atoms with E-state index < -0.39 is 0 Å². The molecule has 0 aromatic carbocycles. The van der Waals surface area contributed by atoms with Crippen LogP contribution in [0.1, 0.15) is 17.7 Å². The van der Waals surface area contributed by atoms with Gasteiger partial charge in [0.25, 0.3) is 0 Å². The molecule has 2 aromatic rings. The standard InChI is InChI=1S/C13H16N4S/c1-14-13-15-7-6-12(16-13)17(10-4-5-10)9-11-3-2-8-18-11/h2-3,6-8,10H,4-5,9H2,1H3,(H,14,15,16). The van der Waals surface area contributed by atoms with E-state index in [1.54, 1.807) is 11.3 Å². The highest BCUT2D eigenvalue weighted by molar-refractivity contribution is 7.09. The third-order valence-corrected chi connectivity index (χ3v) is 3.91. The largest absolute Gasteiger partial charge is 0.357 e. The maximum atomic E-state index is 4.54. The zero-order valence-corrected chi connectivity index (χ0v) is 11.2. The van der Waals surface area contributed by atoms with Crippen molar-refractivity contribution in [3.05, 3.63) is 34.7 Å². The molecule has 1 aliphatic carbocycles. The monoisotopic (exact) mass is 260 g/mol. The van der Waals surface area contributed by atoms with Crippen LogP contribution in [0.5, 0.6) is 0 Å². The van der Waals surface area contributed by atoms with Gasteiger partial charge in [0, 0.05) is 24.2 Å². The summed E-state index contributed by atoms with van der Waals surface area (Å²) in [6.07, 6.45) is 4.35. The minimum absolute atomic E-state index is 0.645. The van der Waals surface area contributed by atoms with Crippen LogP contribution < -0.4 is 10.2 Å². The fourth-order valence-corrected chi connectivity index (χ4v) is 2.69. The molecule has 0 unspecified atom stereocenters. The minimum Gasteiger partial charge on any atom is -0.357 e. The van der Waals surface area contributed by atoms with Gasteiger partial charge in [0.1, 0.15) is 5.82 Å². The molecule has 1 saturated carbocycles. The number of hydrogen-bond acceptors (Lipinski definition) is 5. The smallest absolute Gasteiger partial charge is 0.224 e. The third-order valence-electron chi connectivity index (χ3n) is 3.05. The number of hydrogen-bond donors (Lipinski definition) is 1. The van der Waals surface area contributed by atoms with Gasteiger partial charge in [-0.25, -0.2) is 4.98 Å². The van der Waals surface area contributed by atoms with Crippen molar-refractivity contribution in [2.45, 2.75) is 25.4 Å². The summed E-state index contributed by atoms with van der Waals surface area (Å²) < 4.78 is 0. The molecule has 94 valence electrons. The van der Waals surface area contributed by atoms with E-state index >= 15 is 0 Å². The highest BCUT2D eigenvalue weighted by Crippen LogP contribution is 2.32. The van der Waals surface area contributed by atoms with Crippen molar-refractivity contribution >= 4 is 23.1 Å². The summed E-state index contributed by atoms with van der Waals surface area (Å²) in [4.78, 5) is 12.5. The zero-order valence-electron chi connectivity index (χ0n) is 10.3. The van der Waals surface area contributed by atoms with Crippen molar-refractivity contribution in [3.63, 3.8) is 0 Å². The summed E-state index contributed by atoms with van der Waals surface area (Å²) in [5.74, 6) is 1.70. The highest BCUT2D eigenvalue weighted by atomic mass is 32.1. The summed E-state index contributed by atoms with van der Waals surface area (Å²) in [5, 5.41) is 5.12. The Morgan fingerprint density at radius 3 is 3.00 bits per heavy atom. The second-order valence-electron chi connectivity index (χ2n) is 4.43. The van der Waals surface area contributed by atoms with Crippen LogP contribution in [-0.2, 0) is 6.54 Å². The Bertz CT molecular complexity index is 507. The number of thiophene rings is 1. The van der Waals surface area contributed by atoms with Crippen LogP contribution >= 0.6 is 11.3 Å². The number of nitrogens with one attached hydrogen (secondary N) is 1. The summed E-state index contributed by atoms with van der Waals surface area (Å²) >= 11 is 1.80. The van der Waals surface area contributed by atoms with E-state index in [-0.39, 0.29) is 0 Å². The molecule has 0 bridgehead atoms. The first-order valence-electron chi connectivity index (χ1n) is 6.16. The lowest BCUT2D eigenvalue weighted by Gasteiger charge is -2.23. The van der Waals surface area contributed by atoms with E-state index in [1.807, 2.05) is 19.3 Å². The van der Waals surface area contributed by atoms with Crippen molar-refractivity contribution in [3.8, 4) is 0 Å². The fourth-order valence-electron chi connectivity index (χ4n) is 1.98. The van der Waals surface area contributed by atoms with Crippen LogP contribution in [0.3, 0.4) is 0 Å². The van der Waals surface area contributed by atoms with Crippen LogP contribution in [0.25, 0.3) is 0 Å². The van der Waals surface area contributed by atoms with E-state index in [0.717, 1.165) is 12.4 Å². The molecule has 5 heteroatoms. The van der Waals surface area contributed by atoms with Gasteiger partial charge >= 0.3 is 0 Å². The predicted molar refractivity (Wildman–Crippen MR) is 75.1 cm³/mol. The number of anilines is 2. The summed E-state index contributed by atoms with van der Waals surface area (Å²) in [7, 11) is 1.85. The number of aromatic nitrogens is 2. The highest BCUT2D eigenvalue weighted by Gasteiger charge is 2.30. The SMILES string of the molecule is CNc1nccc(N(Cc2cccs2)C2CC2)n1. The fraction of sp³-hybridized carbons (Fsp3) is 0.385. The molecule has 2 aromatic heterocycles. The maximum Gasteiger partial charge on any atom is 0.224 e. The topological polar surface area (TPSA) is 41.1 Å². The molecule has 4 nitrogen and oxygen atoms in total. The van der Waals surface area contributed by atoms with Crippen LogP contribution in [0.15, 0.2) is 29.8 Å². The van der Waals surface area contributed by atoms with Crippen molar-refractivity contribution < 1.29 is 0 Å². The second kappa shape index (κ2) is 4.94. The second-order valence-corrected chi connectivity index (χ2v) is 5.46. The first-order chi connectivity index (χ1) is 8.86. The van der Waals surface area contributed by atoms with Gasteiger partial charge in [0.15, 0.2) is 0 Å². The van der Waals surface area contributed by atoms with Gasteiger partial charge in [-0.3, -0.25) is 0 Å². The van der Waals surface area contributed by atoms with E-state index in [0.29, 0.717) is 12.0 Å². The van der Waals surface area contributed by atoms with Crippen LogP contribution in [0.2, 0.25) is 0 Å². The van der Waals surface area contributed by atoms with Gasteiger partial charge in [0.2, 0.25) is 5.95 Å². The molecular weight excluding hydrogens is 244 g/mol. The van der Waals surface area contributed by atoms with Crippen LogP contribution in [0, 0.1) is 0 Å². The first-order valence-corrected chi connectivity index (χ1v) is 7.04. The molecule has 0 aliphatic heterocycles. The minimum atomic E-state index is 0.645. The molecule has 2 heterocycles. The lowest BCUT2D eigenvalue weighted by Crippen LogP contribution is -2.25. The lowest BCUT2D eigenvalue weighted by molar-refractivity contribution is 0.784. The predicted octanol–water partition coefficient (Wildman–Crippen LogP) is 2.75. The molecule has 0 amide bonds. The lowest BCUT2D eigenvalue weighted by atomic mass is 10.4. The Balaban J connectivity index is 1.84. The van der Waals surface area contributed by atoms with Gasteiger partial charge < -0.3 is 10.2 Å². The zero-order chi connectivity index (χ0) is 12.4. The Morgan fingerprint density at radius 1 is 1.44 bits per heavy atom. The normalized spacial score (nSPS) is 14.5. The average molecular weight is 260 g/mol. The van der Waals surface area contributed by atoms with Crippen LogP contribution in [0.4, 0.5) is 11.8 Å². The van der Waals surface area contributed by atoms with Crippen molar-refractivity contribution in [1.82, 2.24) is 9.97 Å². The van der Waals surface area contributed by atoms with E-state index in [1.165, 1.54) is 17.7 Å². The van der Waals surface area contributed by atoms with Crippen molar-refractivity contribution in [2.24, 2.45) is 0 Å². The van der Waals surface area contributed by atoms with Crippen molar-refractivity contribution in [2.75, 3.05) is 17.3 Å². The number of rotatable bonds is 5. The Morgan fingerprint density at radius 2 is 2.33 bits per heavy atom. The van der Waals surface area contributed by atoms with E-state index in [9.17, 15) is 0 Å². The molecule has 1 aliphatic rings. The Kier molecular flexibility index (Phi) is 3.15. The molecule has 0 spiro atoms. The molecule has 0 saturated heterocycles. The first kappa shape index (κ1) is 11.5. The average Bonchev–Trinajstić information content (AvgIpc) is 3.13. The Labute approximate surface area is 111 Å². The van der Waals surface area contributed by atoms with Gasteiger partial charge in [0.05, 0.1) is 6.54 Å². The van der Waals surface area contributed by atoms with Crippen molar-refractivity contribution in [1.29, 1.82) is 0 Å². The number of nitrogens with zero attached hydrogens (tertiary/aromatic N) is 3. The molecule has 0 radical (unpaired) electrons. The van der Waals surface area contributed by atoms with Gasteiger partial charge in [-0.1, -0.05) is 6.07 Å². The maximum absolute atomic E-state index is 4.54. The van der Waals surface area contributed by atoms with Crippen LogP contribution in [-0.4, -0.2) is 23.1 Å². The van der Waals surface area contributed by atoms with E-state index in [4.69, 9.17) is 0 Å². The third kappa shape index (κ3) is 2.46. The molecule has 0 atom stereocenters. The Hall–Kier alpha value is -1.62. The summed E-state index contributed by atoms with van der Waals surface area (Å²) in [6.45, 7) is 0.947. The molecule has 1 fully saturated rings. The van der Waals surface area contributed by atoms with Gasteiger partial charge in [-0.15, -0.1) is 11.3 Å².